The molecule has 2 aromatic heterocycles. The van der Waals surface area contributed by atoms with Crippen molar-refractivity contribution in [2.75, 3.05) is 0 Å². The highest BCUT2D eigenvalue weighted by atomic mass is 35.5. The van der Waals surface area contributed by atoms with Gasteiger partial charge in [-0.25, -0.2) is 4.98 Å². The molecule has 136 valence electrons. The summed E-state index contributed by atoms with van der Waals surface area (Å²) in [7, 11) is 0. The Balaban J connectivity index is 0.00000243. The number of nitro groups is 1. The molecular formula is C14H13ClFN7O2S. The highest BCUT2D eigenvalue weighted by Crippen LogP contribution is 2.30. The number of nitrogens with zero attached hydrogens (tertiary/aromatic N) is 5. The average molecular weight is 398 g/mol. The predicted molar refractivity (Wildman–Crippen MR) is 101 cm³/mol. The lowest BCUT2D eigenvalue weighted by Gasteiger charge is -2.01. The molecule has 0 radical (unpaired) electrons. The summed E-state index contributed by atoms with van der Waals surface area (Å²) in [6.07, 6.45) is 3.22. The van der Waals surface area contributed by atoms with E-state index in [2.05, 4.69) is 15.2 Å². The summed E-state index contributed by atoms with van der Waals surface area (Å²) >= 11 is 1.43. The van der Waals surface area contributed by atoms with Crippen LogP contribution in [0.3, 0.4) is 0 Å². The molecule has 9 nitrogen and oxygen atoms in total. The molecule has 3 aromatic rings. The van der Waals surface area contributed by atoms with Crippen LogP contribution in [0.25, 0.3) is 16.2 Å². The van der Waals surface area contributed by atoms with Crippen LogP contribution in [0, 0.1) is 22.9 Å². The van der Waals surface area contributed by atoms with Gasteiger partial charge in [0.2, 0.25) is 11.8 Å². The van der Waals surface area contributed by atoms with Crippen LogP contribution in [-0.2, 0) is 0 Å². The minimum atomic E-state index is -0.915. The van der Waals surface area contributed by atoms with Gasteiger partial charge in [-0.15, -0.1) is 28.8 Å². The summed E-state index contributed by atoms with van der Waals surface area (Å²) in [5.74, 6) is -1.13. The van der Waals surface area contributed by atoms with Crippen molar-refractivity contribution in [2.24, 2.45) is 21.7 Å². The molecule has 0 saturated carbocycles. The number of hydrogen-bond donors (Lipinski definition) is 2. The van der Waals surface area contributed by atoms with Crippen molar-refractivity contribution >= 4 is 46.6 Å². The molecule has 0 amide bonds. The number of nitrogens with two attached hydrogens (primary N) is 2. The van der Waals surface area contributed by atoms with Crippen LogP contribution in [0.2, 0.25) is 0 Å². The first kappa shape index (κ1) is 19.3. The SMILES string of the molecule is Cc1cn2c(/C=N/N=C(N)N)c(-c3ccc(F)c([N+](=O)[O-])c3)nc2s1.Cl. The number of aryl methyl sites for hydroxylation is 1. The van der Waals surface area contributed by atoms with Crippen molar-refractivity contribution < 1.29 is 9.31 Å². The normalized spacial score (nSPS) is 10.8. The van der Waals surface area contributed by atoms with Gasteiger partial charge in [0.1, 0.15) is 0 Å². The number of guanidine groups is 1. The highest BCUT2D eigenvalue weighted by molar-refractivity contribution is 7.17. The van der Waals surface area contributed by atoms with Gasteiger partial charge in [0.15, 0.2) is 4.96 Å². The van der Waals surface area contributed by atoms with Crippen LogP contribution in [0.5, 0.6) is 0 Å². The Morgan fingerprint density at radius 3 is 2.85 bits per heavy atom. The molecule has 0 aliphatic heterocycles. The van der Waals surface area contributed by atoms with Crippen molar-refractivity contribution in [1.82, 2.24) is 9.38 Å². The second-order valence-electron chi connectivity index (χ2n) is 5.03. The monoisotopic (exact) mass is 397 g/mol. The molecule has 0 aliphatic rings. The summed E-state index contributed by atoms with van der Waals surface area (Å²) in [4.78, 5) is 16.3. The zero-order valence-electron chi connectivity index (χ0n) is 13.3. The lowest BCUT2D eigenvalue weighted by molar-refractivity contribution is -0.387. The van der Waals surface area contributed by atoms with Crippen molar-refractivity contribution in [3.63, 3.8) is 0 Å². The van der Waals surface area contributed by atoms with Crippen molar-refractivity contribution in [1.29, 1.82) is 0 Å². The Kier molecular flexibility index (Phi) is 5.53. The van der Waals surface area contributed by atoms with Crippen molar-refractivity contribution in [3.05, 3.63) is 50.9 Å². The van der Waals surface area contributed by atoms with E-state index in [1.807, 2.05) is 13.1 Å². The Morgan fingerprint density at radius 1 is 1.46 bits per heavy atom. The fourth-order valence-electron chi connectivity index (χ4n) is 2.26. The van der Waals surface area contributed by atoms with Crippen LogP contribution in [0.4, 0.5) is 10.1 Å². The molecule has 0 atom stereocenters. The van der Waals surface area contributed by atoms with E-state index in [-0.39, 0.29) is 18.4 Å². The van der Waals surface area contributed by atoms with Gasteiger partial charge < -0.3 is 11.5 Å². The number of thiazole rings is 1. The Labute approximate surface area is 156 Å². The average Bonchev–Trinajstić information content (AvgIpc) is 3.04. The third-order valence-corrected chi connectivity index (χ3v) is 4.15. The zero-order chi connectivity index (χ0) is 18.1. The molecule has 12 heteroatoms. The second kappa shape index (κ2) is 7.45. The third-order valence-electron chi connectivity index (χ3n) is 3.25. The van der Waals surface area contributed by atoms with Crippen LogP contribution >= 0.6 is 23.7 Å². The zero-order valence-corrected chi connectivity index (χ0v) is 14.9. The molecule has 0 fully saturated rings. The minimum Gasteiger partial charge on any atom is -0.369 e. The number of benzene rings is 1. The van der Waals surface area contributed by atoms with E-state index in [9.17, 15) is 14.5 Å². The molecule has 3 rings (SSSR count). The lowest BCUT2D eigenvalue weighted by atomic mass is 10.1. The van der Waals surface area contributed by atoms with Gasteiger partial charge in [0.05, 0.1) is 22.5 Å². The highest BCUT2D eigenvalue weighted by Gasteiger charge is 2.20. The van der Waals surface area contributed by atoms with E-state index in [0.717, 1.165) is 17.0 Å². The molecule has 0 bridgehead atoms. The molecule has 4 N–H and O–H groups in total. The van der Waals surface area contributed by atoms with Crippen LogP contribution in [0.15, 0.2) is 34.6 Å². The Hall–Kier alpha value is -3.05. The number of halogens is 2. The van der Waals surface area contributed by atoms with Gasteiger partial charge in [-0.1, -0.05) is 0 Å². The van der Waals surface area contributed by atoms with Crippen LogP contribution in [0.1, 0.15) is 10.6 Å². The first-order valence-corrected chi connectivity index (χ1v) is 7.73. The van der Waals surface area contributed by atoms with E-state index < -0.39 is 16.4 Å². The summed E-state index contributed by atoms with van der Waals surface area (Å²) in [6, 6.07) is 3.58. The van der Waals surface area contributed by atoms with Gasteiger partial charge in [-0.05, 0) is 19.1 Å². The number of fused-ring (bicyclic) bond motifs is 1. The molecule has 0 saturated heterocycles. The predicted octanol–water partition coefficient (Wildman–Crippen LogP) is 2.45. The molecule has 0 unspecified atom stereocenters. The maximum Gasteiger partial charge on any atom is 0.305 e. The lowest BCUT2D eigenvalue weighted by Crippen LogP contribution is -2.21. The standard InChI is InChI=1S/C14H12FN7O2S.ClH/c1-7-6-21-11(5-18-20-13(16)17)12(19-14(21)25-7)8-2-3-9(15)10(4-8)22(23)24;/h2-6H,1H3,(H4,16,17,20);1H/b18-5+;. The summed E-state index contributed by atoms with van der Waals surface area (Å²) in [5, 5.41) is 18.3. The van der Waals surface area contributed by atoms with E-state index in [1.54, 1.807) is 4.40 Å². The Morgan fingerprint density at radius 2 is 2.19 bits per heavy atom. The minimum absolute atomic E-state index is 0. The summed E-state index contributed by atoms with van der Waals surface area (Å²) in [6.45, 7) is 1.92. The smallest absolute Gasteiger partial charge is 0.305 e. The van der Waals surface area contributed by atoms with E-state index in [0.29, 0.717) is 21.9 Å². The largest absolute Gasteiger partial charge is 0.369 e. The van der Waals surface area contributed by atoms with Crippen molar-refractivity contribution in [3.8, 4) is 11.3 Å². The van der Waals surface area contributed by atoms with E-state index in [4.69, 9.17) is 11.5 Å². The first-order valence-electron chi connectivity index (χ1n) is 6.91. The molecule has 0 aliphatic carbocycles. The molecular weight excluding hydrogens is 385 g/mol. The quantitative estimate of drug-likeness (QED) is 0.301. The van der Waals surface area contributed by atoms with Gasteiger partial charge in [0, 0.05) is 22.7 Å². The summed E-state index contributed by atoms with van der Waals surface area (Å²) in [5.41, 5.74) is 11.2. The molecule has 1 aromatic carbocycles. The topological polar surface area (TPSA) is 137 Å². The van der Waals surface area contributed by atoms with Gasteiger partial charge >= 0.3 is 5.69 Å². The number of hydrogen-bond acceptors (Lipinski definition) is 6. The first-order chi connectivity index (χ1) is 11.9. The number of nitro benzene ring substituents is 1. The van der Waals surface area contributed by atoms with Crippen molar-refractivity contribution in [2.45, 2.75) is 6.92 Å². The third kappa shape index (κ3) is 3.63. The number of aromatic nitrogens is 2. The van der Waals surface area contributed by atoms with Gasteiger partial charge in [-0.3, -0.25) is 14.5 Å². The molecule has 2 heterocycles. The second-order valence-corrected chi connectivity index (χ2v) is 6.25. The van der Waals surface area contributed by atoms with Gasteiger partial charge in [0.25, 0.3) is 0 Å². The van der Waals surface area contributed by atoms with Gasteiger partial charge in [-0.2, -0.15) is 9.49 Å². The number of imidazole rings is 1. The maximum atomic E-state index is 13.6. The fraction of sp³-hybridized carbons (Fsp3) is 0.0714. The summed E-state index contributed by atoms with van der Waals surface area (Å²) < 4.78 is 15.3. The number of rotatable bonds is 4. The Bertz CT molecular complexity index is 1040. The maximum absolute atomic E-state index is 13.6. The van der Waals surface area contributed by atoms with E-state index in [1.165, 1.54) is 23.6 Å². The molecule has 26 heavy (non-hydrogen) atoms. The fourth-order valence-corrected chi connectivity index (χ4v) is 3.09. The molecule has 0 spiro atoms. The van der Waals surface area contributed by atoms with Crippen LogP contribution < -0.4 is 11.5 Å². The van der Waals surface area contributed by atoms with Crippen LogP contribution in [-0.4, -0.2) is 26.5 Å². The van der Waals surface area contributed by atoms with E-state index >= 15 is 0 Å².